The molecular weight excluding hydrogens is 188 g/mol. The fourth-order valence-electron chi connectivity index (χ4n) is 0.123. The van der Waals surface area contributed by atoms with Crippen LogP contribution in [0.5, 0.6) is 0 Å². The molecule has 0 saturated heterocycles. The lowest BCUT2D eigenvalue weighted by molar-refractivity contribution is -0.132. The van der Waals surface area contributed by atoms with Crippen LogP contribution in [-0.4, -0.2) is 11.1 Å². The number of carbonyl (C=O) groups is 1. The van der Waals surface area contributed by atoms with Crippen LogP contribution < -0.4 is 0 Å². The second-order valence-corrected chi connectivity index (χ2v) is 1.28. The molecule has 0 aliphatic rings. The highest BCUT2D eigenvalue weighted by molar-refractivity contribution is 5.85. The Morgan fingerprint density at radius 3 is 1.13 bits per heavy atom. The van der Waals surface area contributed by atoms with Gasteiger partial charge in [0, 0.05) is 5.57 Å². The number of rotatable bonds is 1. The van der Waals surface area contributed by atoms with Crippen LogP contribution in [0.1, 0.15) is 13.8 Å². The Bertz CT molecular complexity index is 141. The van der Waals surface area contributed by atoms with Gasteiger partial charge in [-0.05, 0) is 13.8 Å². The van der Waals surface area contributed by atoms with Gasteiger partial charge in [0.15, 0.2) is 0 Å². The monoisotopic (exact) mass is 212 g/mol. The quantitative estimate of drug-likeness (QED) is 0.521. The standard InChI is InChI=1S/C5H8O2.4C2H4/c1-3-4(2)5(6)7;4*1-2/h3H,1-2H3,(H,6,7);4*1-2H2. The van der Waals surface area contributed by atoms with Gasteiger partial charge in [-0.2, -0.15) is 0 Å². The molecule has 0 aromatic heterocycles. The molecule has 0 aliphatic heterocycles. The van der Waals surface area contributed by atoms with E-state index in [1.165, 1.54) is 0 Å². The van der Waals surface area contributed by atoms with E-state index < -0.39 is 5.97 Å². The van der Waals surface area contributed by atoms with E-state index in [-0.39, 0.29) is 0 Å². The van der Waals surface area contributed by atoms with Gasteiger partial charge in [-0.3, -0.25) is 0 Å². The van der Waals surface area contributed by atoms with Crippen LogP contribution in [0.3, 0.4) is 0 Å². The van der Waals surface area contributed by atoms with E-state index in [4.69, 9.17) is 5.11 Å². The third-order valence-electron chi connectivity index (χ3n) is 0.770. The maximum atomic E-state index is 9.86. The highest BCUT2D eigenvalue weighted by Gasteiger charge is 1.93. The Labute approximate surface area is 94.6 Å². The van der Waals surface area contributed by atoms with Crippen molar-refractivity contribution in [2.24, 2.45) is 0 Å². The average molecular weight is 212 g/mol. The van der Waals surface area contributed by atoms with Crippen molar-refractivity contribution < 1.29 is 9.90 Å². The van der Waals surface area contributed by atoms with Crippen LogP contribution in [0.25, 0.3) is 0 Å². The van der Waals surface area contributed by atoms with Crippen LogP contribution in [0.15, 0.2) is 64.3 Å². The molecule has 0 amide bonds. The van der Waals surface area contributed by atoms with Crippen molar-refractivity contribution in [1.82, 2.24) is 0 Å². The second kappa shape index (κ2) is 56.8. The van der Waals surface area contributed by atoms with Crippen molar-refractivity contribution >= 4 is 5.97 Å². The van der Waals surface area contributed by atoms with E-state index in [9.17, 15) is 4.79 Å². The zero-order chi connectivity index (χ0) is 13.9. The minimum Gasteiger partial charge on any atom is -0.478 e. The molecule has 0 saturated carbocycles. The number of carboxylic acids is 1. The smallest absolute Gasteiger partial charge is 0.330 e. The highest BCUT2D eigenvalue weighted by Crippen LogP contribution is 1.87. The van der Waals surface area contributed by atoms with Gasteiger partial charge in [-0.15, -0.1) is 52.6 Å². The first-order valence-corrected chi connectivity index (χ1v) is 4.04. The molecule has 0 aromatic rings. The Balaban J connectivity index is -0.0000000353. The van der Waals surface area contributed by atoms with Gasteiger partial charge >= 0.3 is 5.97 Å². The highest BCUT2D eigenvalue weighted by atomic mass is 16.4. The van der Waals surface area contributed by atoms with Gasteiger partial charge in [0.05, 0.1) is 0 Å². The Kier molecular flexibility index (Phi) is 111. The van der Waals surface area contributed by atoms with Crippen molar-refractivity contribution in [3.05, 3.63) is 64.3 Å². The molecule has 2 nitrogen and oxygen atoms in total. The fraction of sp³-hybridized carbons (Fsp3) is 0.154. The molecular formula is C13H24O2. The summed E-state index contributed by atoms with van der Waals surface area (Å²) in [4.78, 5) is 9.86. The van der Waals surface area contributed by atoms with Gasteiger partial charge < -0.3 is 5.11 Å². The number of aliphatic carboxylic acids is 1. The molecule has 0 rings (SSSR count). The van der Waals surface area contributed by atoms with Crippen LogP contribution >= 0.6 is 0 Å². The summed E-state index contributed by atoms with van der Waals surface area (Å²) in [5.74, 6) is -0.845. The lowest BCUT2D eigenvalue weighted by atomic mass is 10.3. The predicted octanol–water partition coefficient (Wildman–Crippen LogP) is 4.25. The summed E-state index contributed by atoms with van der Waals surface area (Å²) < 4.78 is 0. The minimum absolute atomic E-state index is 0.389. The summed E-state index contributed by atoms with van der Waals surface area (Å²) in [6.07, 6.45) is 1.56. The van der Waals surface area contributed by atoms with Gasteiger partial charge in [0.2, 0.25) is 0 Å². The van der Waals surface area contributed by atoms with Crippen molar-refractivity contribution in [3.63, 3.8) is 0 Å². The van der Waals surface area contributed by atoms with E-state index in [0.29, 0.717) is 5.57 Å². The van der Waals surface area contributed by atoms with E-state index in [0.717, 1.165) is 0 Å². The molecule has 0 radical (unpaired) electrons. The number of hydrogen-bond donors (Lipinski definition) is 1. The number of carboxylic acid groups (broad SMARTS) is 1. The summed E-state index contributed by atoms with van der Waals surface area (Å²) in [6, 6.07) is 0. The van der Waals surface area contributed by atoms with Crippen LogP contribution in [0, 0.1) is 0 Å². The predicted molar refractivity (Wildman–Crippen MR) is 72.1 cm³/mol. The fourth-order valence-corrected chi connectivity index (χ4v) is 0.123. The lowest BCUT2D eigenvalue weighted by Crippen LogP contribution is -1.93. The van der Waals surface area contributed by atoms with Crippen LogP contribution in [-0.2, 0) is 4.79 Å². The van der Waals surface area contributed by atoms with Gasteiger partial charge in [0.25, 0.3) is 0 Å². The third-order valence-corrected chi connectivity index (χ3v) is 0.770. The molecule has 2 heteroatoms. The molecule has 0 heterocycles. The number of hydrogen-bond acceptors (Lipinski definition) is 1. The van der Waals surface area contributed by atoms with Crippen LogP contribution in [0.2, 0.25) is 0 Å². The average Bonchev–Trinajstić information content (AvgIpc) is 2.37. The Hall–Kier alpha value is -1.83. The molecule has 0 spiro atoms. The van der Waals surface area contributed by atoms with Crippen molar-refractivity contribution in [2.75, 3.05) is 0 Å². The maximum absolute atomic E-state index is 9.86. The lowest BCUT2D eigenvalue weighted by Gasteiger charge is -1.84. The van der Waals surface area contributed by atoms with Gasteiger partial charge in [-0.25, -0.2) is 4.79 Å². The first kappa shape index (κ1) is 29.2. The van der Waals surface area contributed by atoms with E-state index in [1.807, 2.05) is 0 Å². The molecule has 0 fully saturated rings. The minimum atomic E-state index is -0.845. The zero-order valence-electron chi connectivity index (χ0n) is 10.1. The second-order valence-electron chi connectivity index (χ2n) is 1.28. The summed E-state index contributed by atoms with van der Waals surface area (Å²) in [5, 5.41) is 8.11. The molecule has 0 atom stereocenters. The topological polar surface area (TPSA) is 37.3 Å². The Morgan fingerprint density at radius 1 is 0.933 bits per heavy atom. The van der Waals surface area contributed by atoms with Gasteiger partial charge in [-0.1, -0.05) is 6.08 Å². The molecule has 1 N–H and O–H groups in total. The number of allylic oxidation sites excluding steroid dienone is 1. The zero-order valence-corrected chi connectivity index (χ0v) is 10.1. The van der Waals surface area contributed by atoms with Gasteiger partial charge in [0.1, 0.15) is 0 Å². The molecule has 88 valence electrons. The molecule has 15 heavy (non-hydrogen) atoms. The maximum Gasteiger partial charge on any atom is 0.330 e. The molecule has 0 bridgehead atoms. The first-order valence-electron chi connectivity index (χ1n) is 4.04. The summed E-state index contributed by atoms with van der Waals surface area (Å²) >= 11 is 0. The SMILES string of the molecule is C=C.C=C.C=C.C=C.CC=C(C)C(=O)O. The van der Waals surface area contributed by atoms with E-state index in [1.54, 1.807) is 19.9 Å². The Morgan fingerprint density at radius 2 is 1.13 bits per heavy atom. The van der Waals surface area contributed by atoms with Crippen molar-refractivity contribution in [2.45, 2.75) is 13.8 Å². The molecule has 0 aliphatic carbocycles. The van der Waals surface area contributed by atoms with Crippen molar-refractivity contribution in [3.8, 4) is 0 Å². The van der Waals surface area contributed by atoms with Crippen molar-refractivity contribution in [1.29, 1.82) is 0 Å². The van der Waals surface area contributed by atoms with E-state index in [2.05, 4.69) is 52.6 Å². The summed E-state index contributed by atoms with van der Waals surface area (Å²) in [5.41, 5.74) is 0.389. The summed E-state index contributed by atoms with van der Waals surface area (Å²) in [7, 11) is 0. The molecule has 0 aromatic carbocycles. The largest absolute Gasteiger partial charge is 0.478 e. The summed E-state index contributed by atoms with van der Waals surface area (Å²) in [6.45, 7) is 27.3. The molecule has 0 unspecified atom stereocenters. The normalized spacial score (nSPS) is 6.40. The van der Waals surface area contributed by atoms with E-state index >= 15 is 0 Å². The van der Waals surface area contributed by atoms with Crippen LogP contribution in [0.4, 0.5) is 0 Å². The first-order chi connectivity index (χ1) is 7.18. The third kappa shape index (κ3) is 72.4.